The van der Waals surface area contributed by atoms with Crippen molar-refractivity contribution in [2.24, 2.45) is 0 Å². The smallest absolute Gasteiger partial charge is 0.322 e. The SMILES string of the molecule is Cc1ccc(C(=O)Nc2cc(C(F)(F)F)cc(S(C)(=O)=O)c2)c(C#Cc2cnc3cccnn23)c1. The zero-order valence-corrected chi connectivity index (χ0v) is 19.2. The van der Waals surface area contributed by atoms with Crippen LogP contribution in [0.2, 0.25) is 0 Å². The minimum Gasteiger partial charge on any atom is -0.322 e. The van der Waals surface area contributed by atoms with Gasteiger partial charge in [0.2, 0.25) is 0 Å². The number of halogens is 3. The fourth-order valence-corrected chi connectivity index (χ4v) is 3.93. The molecule has 4 rings (SSSR count). The van der Waals surface area contributed by atoms with Crippen molar-refractivity contribution in [2.45, 2.75) is 18.0 Å². The number of aryl methyl sites for hydroxylation is 1. The van der Waals surface area contributed by atoms with Crippen LogP contribution in [0.1, 0.15) is 32.7 Å². The molecule has 178 valence electrons. The molecule has 2 aromatic heterocycles. The Hall–Kier alpha value is -4.17. The molecule has 11 heteroatoms. The number of rotatable bonds is 3. The number of nitrogens with one attached hydrogen (secondary N) is 1. The minimum absolute atomic E-state index is 0.100. The molecule has 0 atom stereocenters. The monoisotopic (exact) mass is 498 g/mol. The molecule has 0 radical (unpaired) electrons. The molecule has 2 heterocycles. The van der Waals surface area contributed by atoms with E-state index in [9.17, 15) is 26.4 Å². The maximum Gasteiger partial charge on any atom is 0.416 e. The standard InChI is InChI=1S/C24H17F3N4O3S/c1-15-5-8-21(16(10-15)6-7-19-14-28-22-4-3-9-29-31(19)22)23(32)30-18-11-17(24(25,26)27)12-20(13-18)35(2,33)34/h3-5,8-14H,1-2H3,(H,30,32). The summed E-state index contributed by atoms with van der Waals surface area (Å²) >= 11 is 0. The second kappa shape index (κ2) is 8.88. The van der Waals surface area contributed by atoms with Gasteiger partial charge in [-0.05, 0) is 60.9 Å². The summed E-state index contributed by atoms with van der Waals surface area (Å²) in [4.78, 5) is 16.6. The Balaban J connectivity index is 1.72. The summed E-state index contributed by atoms with van der Waals surface area (Å²) in [5, 5.41) is 6.54. The fraction of sp³-hybridized carbons (Fsp3) is 0.125. The van der Waals surface area contributed by atoms with Crippen LogP contribution < -0.4 is 5.32 Å². The first-order chi connectivity index (χ1) is 16.4. The molecular formula is C24H17F3N4O3S. The summed E-state index contributed by atoms with van der Waals surface area (Å²) in [6.07, 6.45) is -0.912. The van der Waals surface area contributed by atoms with Gasteiger partial charge in [-0.2, -0.15) is 18.3 Å². The molecule has 0 unspecified atom stereocenters. The van der Waals surface area contributed by atoms with Gasteiger partial charge in [-0.25, -0.2) is 17.9 Å². The van der Waals surface area contributed by atoms with Gasteiger partial charge >= 0.3 is 6.18 Å². The number of benzene rings is 2. The molecule has 1 amide bonds. The first-order valence-electron chi connectivity index (χ1n) is 10.1. The Morgan fingerprint density at radius 2 is 1.86 bits per heavy atom. The molecule has 4 aromatic rings. The van der Waals surface area contributed by atoms with Gasteiger partial charge in [0, 0.05) is 23.7 Å². The molecule has 2 aromatic carbocycles. The van der Waals surface area contributed by atoms with Crippen LogP contribution in [-0.2, 0) is 16.0 Å². The van der Waals surface area contributed by atoms with Gasteiger partial charge < -0.3 is 5.32 Å². The van der Waals surface area contributed by atoms with Crippen LogP contribution in [0.15, 0.2) is 65.8 Å². The van der Waals surface area contributed by atoms with Gasteiger partial charge in [-0.3, -0.25) is 4.79 Å². The average Bonchev–Trinajstić information content (AvgIpc) is 3.19. The molecule has 0 bridgehead atoms. The molecular weight excluding hydrogens is 481 g/mol. The Labute approximate surface area is 198 Å². The van der Waals surface area contributed by atoms with Crippen LogP contribution in [0, 0.1) is 18.8 Å². The molecule has 0 spiro atoms. The molecule has 0 fully saturated rings. The topological polar surface area (TPSA) is 93.4 Å². The van der Waals surface area contributed by atoms with E-state index in [1.165, 1.54) is 16.8 Å². The molecule has 0 saturated heterocycles. The van der Waals surface area contributed by atoms with Crippen molar-refractivity contribution in [3.8, 4) is 11.8 Å². The number of carbonyl (C=O) groups is 1. The van der Waals surface area contributed by atoms with Crippen molar-refractivity contribution in [2.75, 3.05) is 11.6 Å². The van der Waals surface area contributed by atoms with Crippen molar-refractivity contribution < 1.29 is 26.4 Å². The largest absolute Gasteiger partial charge is 0.416 e. The zero-order valence-electron chi connectivity index (χ0n) is 18.4. The van der Waals surface area contributed by atoms with Gasteiger partial charge in [0.25, 0.3) is 5.91 Å². The summed E-state index contributed by atoms with van der Waals surface area (Å²) < 4.78 is 65.2. The van der Waals surface area contributed by atoms with E-state index >= 15 is 0 Å². The quantitative estimate of drug-likeness (QED) is 0.429. The molecule has 7 nitrogen and oxygen atoms in total. The van der Waals surface area contributed by atoms with Crippen molar-refractivity contribution in [1.29, 1.82) is 0 Å². The van der Waals surface area contributed by atoms with Crippen molar-refractivity contribution in [3.05, 3.63) is 88.9 Å². The number of fused-ring (bicyclic) bond motifs is 1. The molecule has 0 saturated carbocycles. The number of nitrogens with zero attached hydrogens (tertiary/aromatic N) is 3. The lowest BCUT2D eigenvalue weighted by molar-refractivity contribution is -0.137. The van der Waals surface area contributed by atoms with Crippen LogP contribution in [0.4, 0.5) is 18.9 Å². The highest BCUT2D eigenvalue weighted by atomic mass is 32.2. The number of amides is 1. The number of hydrogen-bond donors (Lipinski definition) is 1. The first kappa shape index (κ1) is 24.0. The van der Waals surface area contributed by atoms with Crippen LogP contribution in [0.5, 0.6) is 0 Å². The second-order valence-corrected chi connectivity index (χ2v) is 9.72. The number of carbonyl (C=O) groups excluding carboxylic acids is 1. The van der Waals surface area contributed by atoms with E-state index in [1.807, 2.05) is 0 Å². The van der Waals surface area contributed by atoms with Gasteiger partial charge in [0.1, 0.15) is 5.69 Å². The van der Waals surface area contributed by atoms with E-state index in [0.29, 0.717) is 29.0 Å². The van der Waals surface area contributed by atoms with Gasteiger partial charge in [0.15, 0.2) is 15.5 Å². The summed E-state index contributed by atoms with van der Waals surface area (Å²) in [6.45, 7) is 1.80. The van der Waals surface area contributed by atoms with Crippen LogP contribution in [0.3, 0.4) is 0 Å². The summed E-state index contributed by atoms with van der Waals surface area (Å²) in [6, 6.07) is 10.5. The van der Waals surface area contributed by atoms with Crippen LogP contribution in [0.25, 0.3) is 5.65 Å². The number of anilines is 1. The normalized spacial score (nSPS) is 11.7. The predicted octanol–water partition coefficient (Wildman–Crippen LogP) is 4.11. The van der Waals surface area contributed by atoms with Gasteiger partial charge in [0.05, 0.1) is 22.2 Å². The highest BCUT2D eigenvalue weighted by Crippen LogP contribution is 2.33. The Bertz CT molecular complexity index is 1630. The maximum atomic E-state index is 13.3. The lowest BCUT2D eigenvalue weighted by Crippen LogP contribution is -2.16. The van der Waals surface area contributed by atoms with E-state index in [-0.39, 0.29) is 11.3 Å². The second-order valence-electron chi connectivity index (χ2n) is 7.71. The van der Waals surface area contributed by atoms with Gasteiger partial charge in [-0.1, -0.05) is 12.0 Å². The summed E-state index contributed by atoms with van der Waals surface area (Å²) in [5.41, 5.74) is 0.789. The van der Waals surface area contributed by atoms with Crippen LogP contribution in [-0.4, -0.2) is 35.2 Å². The van der Waals surface area contributed by atoms with Gasteiger partial charge in [-0.15, -0.1) is 0 Å². The third-order valence-electron chi connectivity index (χ3n) is 4.94. The fourth-order valence-electron chi connectivity index (χ4n) is 3.25. The Kier molecular flexibility index (Phi) is 6.08. The molecule has 0 aliphatic carbocycles. The highest BCUT2D eigenvalue weighted by molar-refractivity contribution is 7.90. The lowest BCUT2D eigenvalue weighted by atomic mass is 10.0. The lowest BCUT2D eigenvalue weighted by Gasteiger charge is -2.13. The highest BCUT2D eigenvalue weighted by Gasteiger charge is 2.32. The third kappa shape index (κ3) is 5.33. The number of imidazole rings is 1. The third-order valence-corrected chi connectivity index (χ3v) is 6.03. The molecule has 0 aliphatic rings. The van der Waals surface area contributed by atoms with Crippen LogP contribution >= 0.6 is 0 Å². The number of hydrogen-bond acceptors (Lipinski definition) is 5. The molecule has 1 N–H and O–H groups in total. The predicted molar refractivity (Wildman–Crippen MR) is 123 cm³/mol. The molecule has 35 heavy (non-hydrogen) atoms. The summed E-state index contributed by atoms with van der Waals surface area (Å²) in [7, 11) is -3.96. The van der Waals surface area contributed by atoms with E-state index < -0.39 is 32.4 Å². The van der Waals surface area contributed by atoms with Crippen molar-refractivity contribution in [3.63, 3.8) is 0 Å². The number of sulfone groups is 1. The van der Waals surface area contributed by atoms with E-state index in [0.717, 1.165) is 17.9 Å². The average molecular weight is 498 g/mol. The summed E-state index contributed by atoms with van der Waals surface area (Å²) in [5.74, 6) is 5.06. The van der Waals surface area contributed by atoms with E-state index in [2.05, 4.69) is 27.2 Å². The van der Waals surface area contributed by atoms with Crippen molar-refractivity contribution in [1.82, 2.24) is 14.6 Å². The zero-order chi connectivity index (χ0) is 25.4. The Morgan fingerprint density at radius 1 is 1.09 bits per heavy atom. The maximum absolute atomic E-state index is 13.3. The molecule has 0 aliphatic heterocycles. The number of aromatic nitrogens is 3. The number of alkyl halides is 3. The minimum atomic E-state index is -4.80. The first-order valence-corrected chi connectivity index (χ1v) is 12.0. The Morgan fingerprint density at radius 3 is 2.57 bits per heavy atom. The van der Waals surface area contributed by atoms with Crippen molar-refractivity contribution >= 4 is 27.1 Å². The van der Waals surface area contributed by atoms with E-state index in [1.54, 1.807) is 37.4 Å². The van der Waals surface area contributed by atoms with E-state index in [4.69, 9.17) is 0 Å².